The van der Waals surface area contributed by atoms with E-state index in [0.717, 1.165) is 5.56 Å². The summed E-state index contributed by atoms with van der Waals surface area (Å²) in [6, 6.07) is 21.3. The van der Waals surface area contributed by atoms with Gasteiger partial charge in [0.25, 0.3) is 5.91 Å². The maximum atomic E-state index is 13.2. The van der Waals surface area contributed by atoms with Crippen molar-refractivity contribution in [3.63, 3.8) is 0 Å². The summed E-state index contributed by atoms with van der Waals surface area (Å²) in [4.78, 5) is 25.8. The second-order valence-electron chi connectivity index (χ2n) is 7.21. The molecule has 0 radical (unpaired) electrons. The molecular weight excluding hydrogens is 449 g/mol. The molecule has 4 rings (SSSR count). The average molecular weight is 468 g/mol. The third-order valence-electron chi connectivity index (χ3n) is 4.93. The number of carbonyl (C=O) groups is 1. The molecule has 0 bridgehead atoms. The topological polar surface area (TPSA) is 68.5 Å². The van der Waals surface area contributed by atoms with Crippen molar-refractivity contribution in [3.8, 4) is 17.1 Å². The fourth-order valence-electron chi connectivity index (χ4n) is 3.36. The number of amides is 1. The van der Waals surface area contributed by atoms with E-state index in [0.29, 0.717) is 10.6 Å². The van der Waals surface area contributed by atoms with Crippen molar-refractivity contribution < 1.29 is 13.9 Å². The number of fused-ring (bicyclic) bond motifs is 1. The van der Waals surface area contributed by atoms with E-state index < -0.39 is 5.43 Å². The van der Waals surface area contributed by atoms with Crippen LogP contribution in [-0.4, -0.2) is 12.5 Å². The van der Waals surface area contributed by atoms with Crippen LogP contribution in [0.15, 0.2) is 82.0 Å². The van der Waals surface area contributed by atoms with Crippen LogP contribution >= 0.6 is 23.2 Å². The van der Waals surface area contributed by atoms with E-state index in [1.165, 1.54) is 12.1 Å². The first kappa shape index (κ1) is 21.9. The van der Waals surface area contributed by atoms with E-state index in [1.54, 1.807) is 24.3 Å². The Kier molecular flexibility index (Phi) is 6.49. The molecule has 1 aromatic heterocycles. The van der Waals surface area contributed by atoms with Crippen LogP contribution in [0, 0.1) is 0 Å². The molecule has 0 aliphatic carbocycles. The number of halogens is 2. The maximum Gasteiger partial charge on any atom is 0.258 e. The molecule has 1 unspecified atom stereocenters. The van der Waals surface area contributed by atoms with Gasteiger partial charge in [0.1, 0.15) is 0 Å². The predicted molar refractivity (Wildman–Crippen MR) is 126 cm³/mol. The Morgan fingerprint density at radius 2 is 1.69 bits per heavy atom. The quantitative estimate of drug-likeness (QED) is 0.376. The van der Waals surface area contributed by atoms with Gasteiger partial charge in [-0.15, -0.1) is 0 Å². The molecule has 5 nitrogen and oxygen atoms in total. The minimum atomic E-state index is -0.460. The van der Waals surface area contributed by atoms with Gasteiger partial charge in [0.2, 0.25) is 11.2 Å². The van der Waals surface area contributed by atoms with E-state index in [9.17, 15) is 9.59 Å². The zero-order valence-corrected chi connectivity index (χ0v) is 18.6. The van der Waals surface area contributed by atoms with Crippen molar-refractivity contribution in [2.24, 2.45) is 0 Å². The highest BCUT2D eigenvalue weighted by atomic mass is 35.5. The summed E-state index contributed by atoms with van der Waals surface area (Å²) >= 11 is 12.3. The fraction of sp³-hybridized carbons (Fsp3) is 0.120. The first-order valence-corrected chi connectivity index (χ1v) is 10.7. The molecule has 1 amide bonds. The Hall–Kier alpha value is -3.28. The number of carbonyl (C=O) groups excluding carboxylic acids is 1. The number of hydrogen-bond donors (Lipinski definition) is 1. The Morgan fingerprint density at radius 3 is 2.38 bits per heavy atom. The van der Waals surface area contributed by atoms with Gasteiger partial charge in [0, 0.05) is 10.6 Å². The highest BCUT2D eigenvalue weighted by Gasteiger charge is 2.21. The highest BCUT2D eigenvalue weighted by Crippen LogP contribution is 2.34. The molecule has 0 saturated heterocycles. The van der Waals surface area contributed by atoms with Gasteiger partial charge in [0.05, 0.1) is 16.5 Å². The monoisotopic (exact) mass is 467 g/mol. The second kappa shape index (κ2) is 9.47. The normalized spacial score (nSPS) is 11.8. The van der Waals surface area contributed by atoms with E-state index in [4.69, 9.17) is 32.4 Å². The number of ether oxygens (including phenoxy) is 1. The van der Waals surface area contributed by atoms with Gasteiger partial charge in [-0.1, -0.05) is 83.9 Å². The third kappa shape index (κ3) is 4.64. The standard InChI is InChI=1S/C25H19Cl2NO4/c1-15(16-8-4-2-5-9-16)28-21(29)14-31-25-22(30)19-12-18(26)13-20(27)24(19)32-23(25)17-10-6-3-7-11-17/h2-13,15H,14H2,1H3,(H,28,29). The van der Waals surface area contributed by atoms with Gasteiger partial charge in [0.15, 0.2) is 18.0 Å². The minimum Gasteiger partial charge on any atom is -0.476 e. The van der Waals surface area contributed by atoms with Crippen molar-refractivity contribution in [1.82, 2.24) is 5.32 Å². The van der Waals surface area contributed by atoms with E-state index in [-0.39, 0.29) is 46.1 Å². The number of nitrogens with one attached hydrogen (secondary N) is 1. The van der Waals surface area contributed by atoms with Crippen molar-refractivity contribution >= 4 is 40.1 Å². The molecule has 7 heteroatoms. The van der Waals surface area contributed by atoms with Gasteiger partial charge in [-0.3, -0.25) is 9.59 Å². The minimum absolute atomic E-state index is 0.0791. The van der Waals surface area contributed by atoms with Crippen molar-refractivity contribution in [3.05, 3.63) is 98.6 Å². The van der Waals surface area contributed by atoms with E-state index in [2.05, 4.69) is 5.32 Å². The second-order valence-corrected chi connectivity index (χ2v) is 8.05. The molecule has 1 atom stereocenters. The number of hydrogen-bond acceptors (Lipinski definition) is 4. The molecular formula is C25H19Cl2NO4. The third-order valence-corrected chi connectivity index (χ3v) is 5.43. The Balaban J connectivity index is 1.67. The number of benzene rings is 3. The Morgan fingerprint density at radius 1 is 1.03 bits per heavy atom. The summed E-state index contributed by atoms with van der Waals surface area (Å²) in [6.07, 6.45) is 0. The summed E-state index contributed by atoms with van der Waals surface area (Å²) in [6.45, 7) is 1.51. The van der Waals surface area contributed by atoms with Crippen molar-refractivity contribution in [2.75, 3.05) is 6.61 Å². The fourth-order valence-corrected chi connectivity index (χ4v) is 3.90. The number of rotatable bonds is 6. The van der Waals surface area contributed by atoms with Crippen LogP contribution in [0.25, 0.3) is 22.3 Å². The van der Waals surface area contributed by atoms with Crippen LogP contribution in [0.2, 0.25) is 10.0 Å². The molecule has 4 aromatic rings. The van der Waals surface area contributed by atoms with Crippen LogP contribution in [0.4, 0.5) is 0 Å². The molecule has 32 heavy (non-hydrogen) atoms. The lowest BCUT2D eigenvalue weighted by Gasteiger charge is -2.16. The zero-order chi connectivity index (χ0) is 22.7. The molecule has 3 aromatic carbocycles. The molecule has 1 heterocycles. The summed E-state index contributed by atoms with van der Waals surface area (Å²) in [7, 11) is 0. The van der Waals surface area contributed by atoms with Crippen molar-refractivity contribution in [1.29, 1.82) is 0 Å². The largest absolute Gasteiger partial charge is 0.476 e. The SMILES string of the molecule is CC(NC(=O)COc1c(-c2ccccc2)oc2c(Cl)cc(Cl)cc2c1=O)c1ccccc1. The van der Waals surface area contributed by atoms with E-state index in [1.807, 2.05) is 43.3 Å². The van der Waals surface area contributed by atoms with Crippen LogP contribution in [-0.2, 0) is 4.79 Å². The summed E-state index contributed by atoms with van der Waals surface area (Å²) < 4.78 is 11.7. The van der Waals surface area contributed by atoms with Gasteiger partial charge in [-0.2, -0.15) is 0 Å². The van der Waals surface area contributed by atoms with Gasteiger partial charge in [-0.05, 0) is 24.6 Å². The molecule has 0 fully saturated rings. The lowest BCUT2D eigenvalue weighted by atomic mass is 10.1. The maximum absolute atomic E-state index is 13.2. The first-order chi connectivity index (χ1) is 15.4. The molecule has 1 N–H and O–H groups in total. The van der Waals surface area contributed by atoms with Gasteiger partial charge >= 0.3 is 0 Å². The summed E-state index contributed by atoms with van der Waals surface area (Å²) in [5.41, 5.74) is 1.32. The zero-order valence-electron chi connectivity index (χ0n) is 17.1. The Labute approximate surface area is 194 Å². The Bertz CT molecular complexity index is 1320. The van der Waals surface area contributed by atoms with Crippen LogP contribution in [0.1, 0.15) is 18.5 Å². The lowest BCUT2D eigenvalue weighted by molar-refractivity contribution is -0.123. The molecule has 162 valence electrons. The average Bonchev–Trinajstić information content (AvgIpc) is 2.80. The highest BCUT2D eigenvalue weighted by molar-refractivity contribution is 6.38. The molecule has 0 aliphatic heterocycles. The smallest absolute Gasteiger partial charge is 0.258 e. The van der Waals surface area contributed by atoms with Crippen LogP contribution < -0.4 is 15.5 Å². The van der Waals surface area contributed by atoms with Crippen LogP contribution in [0.5, 0.6) is 5.75 Å². The molecule has 0 aliphatic rings. The molecule has 0 spiro atoms. The lowest BCUT2D eigenvalue weighted by Crippen LogP contribution is -2.32. The van der Waals surface area contributed by atoms with E-state index >= 15 is 0 Å². The molecule has 0 saturated carbocycles. The van der Waals surface area contributed by atoms with Crippen molar-refractivity contribution in [2.45, 2.75) is 13.0 Å². The predicted octanol–water partition coefficient (Wildman–Crippen LogP) is 6.02. The first-order valence-electron chi connectivity index (χ1n) is 9.92. The van der Waals surface area contributed by atoms with Gasteiger partial charge < -0.3 is 14.5 Å². The summed E-state index contributed by atoms with van der Waals surface area (Å²) in [5.74, 6) is -0.259. The van der Waals surface area contributed by atoms with Gasteiger partial charge in [-0.25, -0.2) is 0 Å². The summed E-state index contributed by atoms with van der Waals surface area (Å²) in [5, 5.41) is 3.54. The van der Waals surface area contributed by atoms with Crippen LogP contribution in [0.3, 0.4) is 0 Å².